The first kappa shape index (κ1) is 11.1. The zero-order valence-corrected chi connectivity index (χ0v) is 10.4. The fourth-order valence-electron chi connectivity index (χ4n) is 1.26. The highest BCUT2D eigenvalue weighted by Gasteiger charge is 2.00. The van der Waals surface area contributed by atoms with E-state index in [1.54, 1.807) is 18.5 Å². The van der Waals surface area contributed by atoms with Crippen molar-refractivity contribution in [2.45, 2.75) is 13.5 Å². The number of aromatic nitrogens is 2. The molecule has 0 atom stereocenters. The van der Waals surface area contributed by atoms with Gasteiger partial charge >= 0.3 is 0 Å². The quantitative estimate of drug-likeness (QED) is 0.865. The number of halogens is 1. The first-order valence-corrected chi connectivity index (χ1v) is 5.70. The number of ether oxygens (including phenoxy) is 1. The standard InChI is InChI=1S/C12H11BrN2O/c1-9-7-10(3-4-11(9)13)16-8-12-14-5-2-6-15-12/h2-7H,8H2,1H3. The fraction of sp³-hybridized carbons (Fsp3) is 0.167. The topological polar surface area (TPSA) is 35.0 Å². The summed E-state index contributed by atoms with van der Waals surface area (Å²) in [6, 6.07) is 7.65. The molecule has 0 bridgehead atoms. The molecule has 1 aromatic heterocycles. The van der Waals surface area contributed by atoms with E-state index in [-0.39, 0.29) is 0 Å². The Morgan fingerprint density at radius 2 is 2.00 bits per heavy atom. The minimum atomic E-state index is 0.391. The third-order valence-electron chi connectivity index (χ3n) is 2.12. The predicted molar refractivity (Wildman–Crippen MR) is 65.2 cm³/mol. The summed E-state index contributed by atoms with van der Waals surface area (Å²) in [6.45, 7) is 2.41. The average Bonchev–Trinajstić information content (AvgIpc) is 2.32. The lowest BCUT2D eigenvalue weighted by Gasteiger charge is -2.06. The van der Waals surface area contributed by atoms with Crippen molar-refractivity contribution >= 4 is 15.9 Å². The zero-order chi connectivity index (χ0) is 11.4. The van der Waals surface area contributed by atoms with E-state index >= 15 is 0 Å². The average molecular weight is 279 g/mol. The summed E-state index contributed by atoms with van der Waals surface area (Å²) in [7, 11) is 0. The van der Waals surface area contributed by atoms with Gasteiger partial charge in [-0.3, -0.25) is 0 Å². The molecule has 3 nitrogen and oxygen atoms in total. The molecule has 0 unspecified atom stereocenters. The molecule has 16 heavy (non-hydrogen) atoms. The summed E-state index contributed by atoms with van der Waals surface area (Å²) in [4.78, 5) is 8.18. The summed E-state index contributed by atoms with van der Waals surface area (Å²) in [5.74, 6) is 1.51. The van der Waals surface area contributed by atoms with Gasteiger partial charge in [-0.25, -0.2) is 9.97 Å². The molecule has 0 aliphatic rings. The zero-order valence-electron chi connectivity index (χ0n) is 8.85. The third-order valence-corrected chi connectivity index (χ3v) is 3.01. The highest BCUT2D eigenvalue weighted by Crippen LogP contribution is 2.21. The van der Waals surface area contributed by atoms with Gasteiger partial charge in [0.25, 0.3) is 0 Å². The van der Waals surface area contributed by atoms with Crippen LogP contribution in [0.2, 0.25) is 0 Å². The lowest BCUT2D eigenvalue weighted by Crippen LogP contribution is -2.00. The largest absolute Gasteiger partial charge is 0.486 e. The smallest absolute Gasteiger partial charge is 0.166 e. The maximum atomic E-state index is 5.58. The van der Waals surface area contributed by atoms with E-state index in [1.165, 1.54) is 0 Å². The molecule has 82 valence electrons. The van der Waals surface area contributed by atoms with Crippen LogP contribution >= 0.6 is 15.9 Å². The van der Waals surface area contributed by atoms with Crippen molar-refractivity contribution in [2.75, 3.05) is 0 Å². The van der Waals surface area contributed by atoms with Gasteiger partial charge in [-0.05, 0) is 36.8 Å². The third kappa shape index (κ3) is 2.79. The molecule has 0 radical (unpaired) electrons. The molecule has 0 saturated heterocycles. The molecular weight excluding hydrogens is 268 g/mol. The van der Waals surface area contributed by atoms with Gasteiger partial charge in [0.05, 0.1) is 0 Å². The fourth-order valence-corrected chi connectivity index (χ4v) is 1.51. The van der Waals surface area contributed by atoms with Gasteiger partial charge in [-0.1, -0.05) is 15.9 Å². The second-order valence-corrected chi connectivity index (χ2v) is 4.22. The number of aryl methyl sites for hydroxylation is 1. The van der Waals surface area contributed by atoms with Crippen molar-refractivity contribution in [3.63, 3.8) is 0 Å². The van der Waals surface area contributed by atoms with Crippen molar-refractivity contribution in [3.05, 3.63) is 52.5 Å². The molecule has 1 aromatic carbocycles. The maximum absolute atomic E-state index is 5.58. The number of nitrogens with zero attached hydrogens (tertiary/aromatic N) is 2. The van der Waals surface area contributed by atoms with Crippen molar-refractivity contribution in [3.8, 4) is 5.75 Å². The molecule has 0 aliphatic heterocycles. The van der Waals surface area contributed by atoms with Gasteiger partial charge in [-0.2, -0.15) is 0 Å². The van der Waals surface area contributed by atoms with Crippen LogP contribution < -0.4 is 4.74 Å². The molecule has 0 amide bonds. The van der Waals surface area contributed by atoms with Gasteiger partial charge < -0.3 is 4.74 Å². The van der Waals surface area contributed by atoms with E-state index < -0.39 is 0 Å². The van der Waals surface area contributed by atoms with E-state index in [1.807, 2.05) is 25.1 Å². The molecular formula is C12H11BrN2O. The van der Waals surface area contributed by atoms with Crippen LogP contribution in [0.25, 0.3) is 0 Å². The summed E-state index contributed by atoms with van der Waals surface area (Å²) in [6.07, 6.45) is 3.41. The second-order valence-electron chi connectivity index (χ2n) is 3.36. The van der Waals surface area contributed by atoms with Crippen LogP contribution in [0.5, 0.6) is 5.75 Å². The van der Waals surface area contributed by atoms with Gasteiger partial charge in [0.1, 0.15) is 12.4 Å². The summed E-state index contributed by atoms with van der Waals surface area (Å²) in [5.41, 5.74) is 1.14. The highest BCUT2D eigenvalue weighted by molar-refractivity contribution is 9.10. The van der Waals surface area contributed by atoms with E-state index in [0.717, 1.165) is 15.8 Å². The van der Waals surface area contributed by atoms with Crippen molar-refractivity contribution < 1.29 is 4.74 Å². The van der Waals surface area contributed by atoms with Crippen LogP contribution in [0.1, 0.15) is 11.4 Å². The number of benzene rings is 1. The first-order valence-electron chi connectivity index (χ1n) is 4.90. The second kappa shape index (κ2) is 5.07. The molecule has 2 aromatic rings. The van der Waals surface area contributed by atoms with Gasteiger partial charge in [0, 0.05) is 16.9 Å². The number of hydrogen-bond acceptors (Lipinski definition) is 3. The van der Waals surface area contributed by atoms with E-state index in [2.05, 4.69) is 25.9 Å². The van der Waals surface area contributed by atoms with Crippen LogP contribution in [0, 0.1) is 6.92 Å². The SMILES string of the molecule is Cc1cc(OCc2ncccn2)ccc1Br. The van der Waals surface area contributed by atoms with Crippen molar-refractivity contribution in [2.24, 2.45) is 0 Å². The lowest BCUT2D eigenvalue weighted by atomic mass is 10.2. The Balaban J connectivity index is 2.03. The Morgan fingerprint density at radius 3 is 2.69 bits per heavy atom. The molecule has 1 heterocycles. The number of rotatable bonds is 3. The Kier molecular flexibility index (Phi) is 3.51. The van der Waals surface area contributed by atoms with Crippen LogP contribution in [-0.2, 0) is 6.61 Å². The Bertz CT molecular complexity index is 474. The van der Waals surface area contributed by atoms with Crippen LogP contribution in [0.15, 0.2) is 41.1 Å². The molecule has 0 saturated carbocycles. The molecule has 2 rings (SSSR count). The Hall–Kier alpha value is -1.42. The van der Waals surface area contributed by atoms with Gasteiger partial charge in [0.15, 0.2) is 5.82 Å². The molecule has 0 spiro atoms. The van der Waals surface area contributed by atoms with E-state index in [9.17, 15) is 0 Å². The predicted octanol–water partition coefficient (Wildman–Crippen LogP) is 3.13. The highest BCUT2D eigenvalue weighted by atomic mass is 79.9. The maximum Gasteiger partial charge on any atom is 0.166 e. The van der Waals surface area contributed by atoms with Crippen molar-refractivity contribution in [1.29, 1.82) is 0 Å². The minimum absolute atomic E-state index is 0.391. The van der Waals surface area contributed by atoms with Gasteiger partial charge in [0.2, 0.25) is 0 Å². The molecule has 0 N–H and O–H groups in total. The van der Waals surface area contributed by atoms with Crippen LogP contribution in [-0.4, -0.2) is 9.97 Å². The summed E-state index contributed by atoms with van der Waals surface area (Å²) < 4.78 is 6.66. The Labute approximate surface area is 103 Å². The number of hydrogen-bond donors (Lipinski definition) is 0. The lowest BCUT2D eigenvalue weighted by molar-refractivity contribution is 0.295. The minimum Gasteiger partial charge on any atom is -0.486 e. The van der Waals surface area contributed by atoms with Gasteiger partial charge in [-0.15, -0.1) is 0 Å². The van der Waals surface area contributed by atoms with Crippen LogP contribution in [0.3, 0.4) is 0 Å². The van der Waals surface area contributed by atoms with Crippen LogP contribution in [0.4, 0.5) is 0 Å². The monoisotopic (exact) mass is 278 g/mol. The van der Waals surface area contributed by atoms with E-state index in [4.69, 9.17) is 4.74 Å². The first-order chi connectivity index (χ1) is 7.75. The molecule has 0 aliphatic carbocycles. The molecule has 4 heteroatoms. The van der Waals surface area contributed by atoms with E-state index in [0.29, 0.717) is 12.4 Å². The normalized spacial score (nSPS) is 10.1. The summed E-state index contributed by atoms with van der Waals surface area (Å²) in [5, 5.41) is 0. The summed E-state index contributed by atoms with van der Waals surface area (Å²) >= 11 is 3.45. The van der Waals surface area contributed by atoms with Crippen molar-refractivity contribution in [1.82, 2.24) is 9.97 Å². The Morgan fingerprint density at radius 1 is 1.25 bits per heavy atom. The molecule has 0 fully saturated rings.